The first-order valence-corrected chi connectivity index (χ1v) is 7.99. The molecule has 0 radical (unpaired) electrons. The van der Waals surface area contributed by atoms with E-state index in [9.17, 15) is 13.2 Å². The van der Waals surface area contributed by atoms with Gasteiger partial charge in [0.25, 0.3) is 5.91 Å². The molecule has 1 rings (SSSR count). The highest BCUT2D eigenvalue weighted by Crippen LogP contribution is 2.15. The van der Waals surface area contributed by atoms with Crippen LogP contribution in [0.5, 0.6) is 0 Å². The number of rotatable bonds is 5. The molecule has 6 nitrogen and oxygen atoms in total. The van der Waals surface area contributed by atoms with E-state index in [1.54, 1.807) is 11.4 Å². The van der Waals surface area contributed by atoms with Crippen molar-refractivity contribution in [3.8, 4) is 11.8 Å². The van der Waals surface area contributed by atoms with E-state index in [1.807, 2.05) is 0 Å². The molecule has 0 fully saturated rings. The number of carbonyl (C=O) groups is 1. The third-order valence-electron chi connectivity index (χ3n) is 2.16. The summed E-state index contributed by atoms with van der Waals surface area (Å²) in [6, 6.07) is 1.73. The summed E-state index contributed by atoms with van der Waals surface area (Å²) in [6.07, 6.45) is 0. The van der Waals surface area contributed by atoms with Crippen molar-refractivity contribution >= 4 is 27.3 Å². The quantitative estimate of drug-likeness (QED) is 0.628. The molecule has 4 N–H and O–H groups in total. The zero-order valence-corrected chi connectivity index (χ0v) is 12.0. The normalized spacial score (nSPS) is 10.6. The second kappa shape index (κ2) is 7.25. The first-order valence-electron chi connectivity index (χ1n) is 5.46. The smallest absolute Gasteiger partial charge is 0.262 e. The molecule has 0 aromatic carbocycles. The SMILES string of the molecule is CNS(=O)(=O)CCNC(=O)c1sccc1C#CCN. The summed E-state index contributed by atoms with van der Waals surface area (Å²) < 4.78 is 24.5. The second-order valence-electron chi connectivity index (χ2n) is 3.45. The van der Waals surface area contributed by atoms with Crippen LogP contribution < -0.4 is 15.8 Å². The average molecular weight is 301 g/mol. The number of thiophene rings is 1. The van der Waals surface area contributed by atoms with Gasteiger partial charge in [-0.1, -0.05) is 11.8 Å². The summed E-state index contributed by atoms with van der Waals surface area (Å²) in [4.78, 5) is 12.3. The van der Waals surface area contributed by atoms with E-state index in [-0.39, 0.29) is 24.7 Å². The number of hydrogen-bond donors (Lipinski definition) is 3. The van der Waals surface area contributed by atoms with E-state index in [0.717, 1.165) is 0 Å². The van der Waals surface area contributed by atoms with Crippen molar-refractivity contribution in [1.29, 1.82) is 0 Å². The van der Waals surface area contributed by atoms with Crippen LogP contribution >= 0.6 is 11.3 Å². The summed E-state index contributed by atoms with van der Waals surface area (Å²) in [5.41, 5.74) is 5.87. The maximum atomic E-state index is 11.8. The van der Waals surface area contributed by atoms with Crippen LogP contribution in [0.25, 0.3) is 0 Å². The van der Waals surface area contributed by atoms with Crippen LogP contribution in [0.1, 0.15) is 15.2 Å². The van der Waals surface area contributed by atoms with Crippen LogP contribution in [0.4, 0.5) is 0 Å². The van der Waals surface area contributed by atoms with Crippen molar-refractivity contribution < 1.29 is 13.2 Å². The van der Waals surface area contributed by atoms with Crippen molar-refractivity contribution in [3.63, 3.8) is 0 Å². The molecule has 0 aliphatic carbocycles. The number of carbonyl (C=O) groups excluding carboxylic acids is 1. The monoisotopic (exact) mass is 301 g/mol. The Morgan fingerprint density at radius 1 is 1.53 bits per heavy atom. The van der Waals surface area contributed by atoms with Crippen LogP contribution in [0, 0.1) is 11.8 Å². The first kappa shape index (κ1) is 15.7. The van der Waals surface area contributed by atoms with E-state index in [1.165, 1.54) is 18.4 Å². The first-order chi connectivity index (χ1) is 9.00. The molecular formula is C11H15N3O3S2. The lowest BCUT2D eigenvalue weighted by Crippen LogP contribution is -2.32. The van der Waals surface area contributed by atoms with E-state index in [4.69, 9.17) is 5.73 Å². The molecule has 1 amide bonds. The lowest BCUT2D eigenvalue weighted by atomic mass is 10.2. The Hall–Kier alpha value is -1.40. The number of hydrogen-bond acceptors (Lipinski definition) is 5. The van der Waals surface area contributed by atoms with Crippen LogP contribution in [0.15, 0.2) is 11.4 Å². The molecule has 1 heterocycles. The van der Waals surface area contributed by atoms with Gasteiger partial charge in [0.1, 0.15) is 4.88 Å². The summed E-state index contributed by atoms with van der Waals surface area (Å²) in [5.74, 6) is 4.98. The van der Waals surface area contributed by atoms with Crippen molar-refractivity contribution in [2.45, 2.75) is 0 Å². The Bertz CT molecular complexity index is 596. The van der Waals surface area contributed by atoms with Gasteiger partial charge >= 0.3 is 0 Å². The van der Waals surface area contributed by atoms with E-state index in [2.05, 4.69) is 21.9 Å². The van der Waals surface area contributed by atoms with Crippen LogP contribution in [0.2, 0.25) is 0 Å². The van der Waals surface area contributed by atoms with Gasteiger partial charge in [0.2, 0.25) is 10.0 Å². The molecule has 0 aliphatic heterocycles. The molecule has 19 heavy (non-hydrogen) atoms. The fraction of sp³-hybridized carbons (Fsp3) is 0.364. The Morgan fingerprint density at radius 3 is 2.89 bits per heavy atom. The minimum absolute atomic E-state index is 0.0453. The molecule has 0 atom stereocenters. The molecule has 0 aliphatic rings. The molecule has 8 heteroatoms. The van der Waals surface area contributed by atoms with Crippen LogP contribution in [-0.2, 0) is 10.0 Å². The summed E-state index contributed by atoms with van der Waals surface area (Å²) in [6.45, 7) is 0.265. The van der Waals surface area contributed by atoms with Gasteiger partial charge in [0, 0.05) is 12.1 Å². The fourth-order valence-electron chi connectivity index (χ4n) is 1.21. The number of nitrogens with one attached hydrogen (secondary N) is 2. The second-order valence-corrected chi connectivity index (χ2v) is 6.41. The lowest BCUT2D eigenvalue weighted by molar-refractivity contribution is 0.0960. The predicted molar refractivity (Wildman–Crippen MR) is 75.4 cm³/mol. The minimum Gasteiger partial charge on any atom is -0.350 e. The molecule has 0 unspecified atom stereocenters. The van der Waals surface area contributed by atoms with Gasteiger partial charge < -0.3 is 11.1 Å². The third kappa shape index (κ3) is 5.00. The Kier molecular flexibility index (Phi) is 5.98. The van der Waals surface area contributed by atoms with Gasteiger partial charge in [0.15, 0.2) is 0 Å². The Labute approximate surface area is 116 Å². The number of nitrogens with two attached hydrogens (primary N) is 1. The van der Waals surface area contributed by atoms with E-state index < -0.39 is 10.0 Å². The standard InChI is InChI=1S/C11H15N3O3S2/c1-13-19(16,17)8-6-14-11(15)10-9(3-2-5-12)4-7-18-10/h4,7,13H,5-6,8,12H2,1H3,(H,14,15). The maximum Gasteiger partial charge on any atom is 0.262 e. The molecule has 1 aromatic rings. The summed E-state index contributed by atoms with van der Waals surface area (Å²) in [7, 11) is -1.98. The van der Waals surface area contributed by atoms with Crippen LogP contribution in [-0.4, -0.2) is 40.2 Å². The lowest BCUT2D eigenvalue weighted by Gasteiger charge is -2.04. The molecule has 0 saturated heterocycles. The largest absolute Gasteiger partial charge is 0.350 e. The average Bonchev–Trinajstić information content (AvgIpc) is 2.84. The Balaban J connectivity index is 2.62. The van der Waals surface area contributed by atoms with Crippen LogP contribution in [0.3, 0.4) is 0 Å². The van der Waals surface area contributed by atoms with Crippen molar-refractivity contribution in [3.05, 3.63) is 21.9 Å². The van der Waals surface area contributed by atoms with Gasteiger partial charge in [-0.2, -0.15) is 0 Å². The summed E-state index contributed by atoms with van der Waals surface area (Å²) in [5, 5.41) is 4.30. The zero-order chi connectivity index (χ0) is 14.3. The molecule has 0 spiro atoms. The van der Waals surface area contributed by atoms with Gasteiger partial charge in [-0.3, -0.25) is 4.79 Å². The fourth-order valence-corrected chi connectivity index (χ4v) is 2.55. The minimum atomic E-state index is -3.31. The molecule has 0 bridgehead atoms. The topological polar surface area (TPSA) is 101 Å². The highest BCUT2D eigenvalue weighted by molar-refractivity contribution is 7.89. The van der Waals surface area contributed by atoms with Crippen molar-refractivity contribution in [1.82, 2.24) is 10.0 Å². The zero-order valence-electron chi connectivity index (χ0n) is 10.4. The van der Waals surface area contributed by atoms with Gasteiger partial charge in [0.05, 0.1) is 12.3 Å². The van der Waals surface area contributed by atoms with Gasteiger partial charge in [-0.25, -0.2) is 13.1 Å². The van der Waals surface area contributed by atoms with E-state index >= 15 is 0 Å². The molecule has 0 saturated carbocycles. The maximum absolute atomic E-state index is 11.8. The molecule has 1 aromatic heterocycles. The van der Waals surface area contributed by atoms with Crippen molar-refractivity contribution in [2.75, 3.05) is 25.9 Å². The summed E-state index contributed by atoms with van der Waals surface area (Å²) >= 11 is 1.25. The highest BCUT2D eigenvalue weighted by Gasteiger charge is 2.13. The Morgan fingerprint density at radius 2 is 2.26 bits per heavy atom. The van der Waals surface area contributed by atoms with Crippen molar-refractivity contribution in [2.24, 2.45) is 5.73 Å². The molecule has 104 valence electrons. The van der Waals surface area contributed by atoms with Gasteiger partial charge in [-0.05, 0) is 18.5 Å². The highest BCUT2D eigenvalue weighted by atomic mass is 32.2. The number of amides is 1. The predicted octanol–water partition coefficient (Wildman–Crippen LogP) is -0.663. The number of sulfonamides is 1. The van der Waals surface area contributed by atoms with E-state index in [0.29, 0.717) is 10.4 Å². The molecular weight excluding hydrogens is 286 g/mol. The third-order valence-corrected chi connectivity index (χ3v) is 4.44. The van der Waals surface area contributed by atoms with Gasteiger partial charge in [-0.15, -0.1) is 11.3 Å².